The minimum Gasteiger partial charge on any atom is -0.341 e. The number of aromatic nitrogens is 2. The van der Waals surface area contributed by atoms with Gasteiger partial charge in [0, 0.05) is 6.26 Å². The molecule has 2 aromatic rings. The molecule has 0 spiro atoms. The Bertz CT molecular complexity index is 756. The first-order chi connectivity index (χ1) is 11.5. The molecule has 1 aromatic carbocycles. The normalized spacial score (nSPS) is 19.5. The van der Waals surface area contributed by atoms with Crippen LogP contribution >= 0.6 is 0 Å². The zero-order valence-corrected chi connectivity index (χ0v) is 14.9. The number of piperidine rings is 1. The number of imidazole rings is 1. The molecule has 1 atom stereocenters. The lowest BCUT2D eigenvalue weighted by Crippen LogP contribution is -2.35. The van der Waals surface area contributed by atoms with Crippen molar-refractivity contribution in [1.29, 1.82) is 0 Å². The Hall–Kier alpha value is -1.66. The monoisotopic (exact) mass is 347 g/mol. The highest BCUT2D eigenvalue weighted by Gasteiger charge is 2.26. The lowest BCUT2D eigenvalue weighted by molar-refractivity contribution is 0.143. The molecule has 1 fully saturated rings. The zero-order chi connectivity index (χ0) is 17.0. The van der Waals surface area contributed by atoms with Gasteiger partial charge in [-0.25, -0.2) is 13.4 Å². The van der Waals surface area contributed by atoms with Crippen molar-refractivity contribution >= 4 is 9.84 Å². The number of hydrogen-bond acceptors (Lipinski definition) is 4. The van der Waals surface area contributed by atoms with Crippen molar-refractivity contribution in [3.05, 3.63) is 42.4 Å². The van der Waals surface area contributed by atoms with Crippen molar-refractivity contribution in [3.63, 3.8) is 0 Å². The lowest BCUT2D eigenvalue weighted by Gasteiger charge is -2.34. The largest absolute Gasteiger partial charge is 0.341 e. The summed E-state index contributed by atoms with van der Waals surface area (Å²) < 4.78 is 22.7. The van der Waals surface area contributed by atoms with E-state index in [-0.39, 0.29) is 11.8 Å². The van der Waals surface area contributed by atoms with Gasteiger partial charge in [-0.05, 0) is 37.9 Å². The average molecular weight is 347 g/mol. The summed E-state index contributed by atoms with van der Waals surface area (Å²) in [5.41, 5.74) is 2.17. The number of hydrogen-bond donors (Lipinski definition) is 1. The lowest BCUT2D eigenvalue weighted by atomic mass is 10.0. The summed E-state index contributed by atoms with van der Waals surface area (Å²) >= 11 is 0. The number of H-pyrrole nitrogens is 1. The molecule has 1 N–H and O–H groups in total. The van der Waals surface area contributed by atoms with E-state index < -0.39 is 9.84 Å². The Morgan fingerprint density at radius 1 is 1.25 bits per heavy atom. The summed E-state index contributed by atoms with van der Waals surface area (Å²) in [4.78, 5) is 10.4. The second kappa shape index (κ2) is 7.49. The summed E-state index contributed by atoms with van der Waals surface area (Å²) in [7, 11) is -2.89. The molecule has 0 saturated carbocycles. The van der Waals surface area contributed by atoms with Gasteiger partial charge in [-0.2, -0.15) is 0 Å². The quantitative estimate of drug-likeness (QED) is 0.872. The molecule has 1 aliphatic rings. The van der Waals surface area contributed by atoms with E-state index in [0.717, 1.165) is 36.6 Å². The van der Waals surface area contributed by atoms with Crippen molar-refractivity contribution in [3.8, 4) is 11.3 Å². The summed E-state index contributed by atoms with van der Waals surface area (Å²) in [6, 6.07) is 10.5. The van der Waals surface area contributed by atoms with Crippen LogP contribution in [-0.4, -0.2) is 48.4 Å². The van der Waals surface area contributed by atoms with Crippen LogP contribution in [0.15, 0.2) is 36.5 Å². The van der Waals surface area contributed by atoms with Crippen LogP contribution in [0.1, 0.15) is 37.5 Å². The van der Waals surface area contributed by atoms with E-state index in [1.54, 1.807) is 0 Å². The number of sulfone groups is 1. The first-order valence-electron chi connectivity index (χ1n) is 8.55. The van der Waals surface area contributed by atoms with E-state index in [2.05, 4.69) is 27.0 Å². The second-order valence-electron chi connectivity index (χ2n) is 6.58. The maximum absolute atomic E-state index is 11.3. The standard InChI is InChI=1S/C18H25N3O2S/c1-24(22,23)13-7-12-21-11-6-5-10-17(21)18-19-14-16(20-18)15-8-3-2-4-9-15/h2-4,8-9,14,17H,5-7,10-13H2,1H3,(H,19,20)/t17-/m1/s1. The number of likely N-dealkylation sites (tertiary alicyclic amines) is 1. The van der Waals surface area contributed by atoms with E-state index in [4.69, 9.17) is 0 Å². The molecule has 1 aromatic heterocycles. The SMILES string of the molecule is CS(=O)(=O)CCCN1CCCC[C@@H]1c1ncc(-c2ccccc2)[nH]1. The summed E-state index contributed by atoms with van der Waals surface area (Å²) in [6.07, 6.45) is 7.31. The number of benzene rings is 1. The minimum atomic E-state index is -2.89. The maximum atomic E-state index is 11.3. The Balaban J connectivity index is 1.70. The van der Waals surface area contributed by atoms with Crippen molar-refractivity contribution < 1.29 is 8.42 Å². The molecule has 2 heterocycles. The topological polar surface area (TPSA) is 66.1 Å². The van der Waals surface area contributed by atoms with Crippen molar-refractivity contribution in [2.75, 3.05) is 25.1 Å². The highest BCUT2D eigenvalue weighted by molar-refractivity contribution is 7.90. The van der Waals surface area contributed by atoms with Crippen molar-refractivity contribution in [1.82, 2.24) is 14.9 Å². The van der Waals surface area contributed by atoms with Crippen LogP contribution < -0.4 is 0 Å². The van der Waals surface area contributed by atoms with Gasteiger partial charge in [0.15, 0.2) is 0 Å². The third-order valence-electron chi connectivity index (χ3n) is 4.57. The maximum Gasteiger partial charge on any atom is 0.147 e. The van der Waals surface area contributed by atoms with Gasteiger partial charge >= 0.3 is 0 Å². The van der Waals surface area contributed by atoms with E-state index >= 15 is 0 Å². The first kappa shape index (κ1) is 17.2. The summed E-state index contributed by atoms with van der Waals surface area (Å²) in [6.45, 7) is 1.81. The zero-order valence-electron chi connectivity index (χ0n) is 14.1. The fourth-order valence-corrected chi connectivity index (χ4v) is 4.02. The van der Waals surface area contributed by atoms with Gasteiger partial charge in [0.25, 0.3) is 0 Å². The Morgan fingerprint density at radius 2 is 2.04 bits per heavy atom. The fourth-order valence-electron chi connectivity index (χ4n) is 3.37. The number of aromatic amines is 1. The summed E-state index contributed by atoms with van der Waals surface area (Å²) in [5.74, 6) is 1.25. The van der Waals surface area contributed by atoms with E-state index in [0.29, 0.717) is 6.42 Å². The number of nitrogens with zero attached hydrogens (tertiary/aromatic N) is 2. The van der Waals surface area contributed by atoms with Crippen molar-refractivity contribution in [2.24, 2.45) is 0 Å². The molecule has 1 aliphatic heterocycles. The fraction of sp³-hybridized carbons (Fsp3) is 0.500. The van der Waals surface area contributed by atoms with Crippen LogP contribution in [0.4, 0.5) is 0 Å². The molecule has 0 aliphatic carbocycles. The highest BCUT2D eigenvalue weighted by atomic mass is 32.2. The third-order valence-corrected chi connectivity index (χ3v) is 5.60. The molecule has 0 unspecified atom stereocenters. The van der Waals surface area contributed by atoms with Gasteiger partial charge in [-0.1, -0.05) is 36.8 Å². The molecule has 130 valence electrons. The Kier molecular flexibility index (Phi) is 5.36. The molecule has 24 heavy (non-hydrogen) atoms. The molecule has 5 nitrogen and oxygen atoms in total. The summed E-state index contributed by atoms with van der Waals surface area (Å²) in [5, 5.41) is 0. The third kappa shape index (κ3) is 4.45. The molecule has 3 rings (SSSR count). The minimum absolute atomic E-state index is 0.254. The van der Waals surface area contributed by atoms with E-state index in [1.807, 2.05) is 24.4 Å². The van der Waals surface area contributed by atoms with E-state index in [1.165, 1.54) is 19.1 Å². The molecular weight excluding hydrogens is 322 g/mol. The molecular formula is C18H25N3O2S. The van der Waals surface area contributed by atoms with Gasteiger partial charge in [-0.15, -0.1) is 0 Å². The smallest absolute Gasteiger partial charge is 0.147 e. The van der Waals surface area contributed by atoms with Gasteiger partial charge in [0.05, 0.1) is 23.7 Å². The van der Waals surface area contributed by atoms with Crippen LogP contribution in [0, 0.1) is 0 Å². The first-order valence-corrected chi connectivity index (χ1v) is 10.6. The van der Waals surface area contributed by atoms with Crippen LogP contribution in [0.5, 0.6) is 0 Å². The second-order valence-corrected chi connectivity index (χ2v) is 8.84. The van der Waals surface area contributed by atoms with Gasteiger partial charge in [-0.3, -0.25) is 4.90 Å². The van der Waals surface area contributed by atoms with Gasteiger partial charge < -0.3 is 4.98 Å². The van der Waals surface area contributed by atoms with Crippen LogP contribution in [0.2, 0.25) is 0 Å². The van der Waals surface area contributed by atoms with Crippen LogP contribution in [-0.2, 0) is 9.84 Å². The Morgan fingerprint density at radius 3 is 2.79 bits per heavy atom. The van der Waals surface area contributed by atoms with Gasteiger partial charge in [0.2, 0.25) is 0 Å². The van der Waals surface area contributed by atoms with Crippen LogP contribution in [0.25, 0.3) is 11.3 Å². The molecule has 6 heteroatoms. The van der Waals surface area contributed by atoms with Crippen molar-refractivity contribution in [2.45, 2.75) is 31.7 Å². The number of nitrogens with one attached hydrogen (secondary N) is 1. The van der Waals surface area contributed by atoms with E-state index in [9.17, 15) is 8.42 Å². The van der Waals surface area contributed by atoms with Gasteiger partial charge in [0.1, 0.15) is 15.7 Å². The predicted molar refractivity (Wildman–Crippen MR) is 96.5 cm³/mol. The average Bonchev–Trinajstić information content (AvgIpc) is 3.05. The molecule has 0 radical (unpaired) electrons. The predicted octanol–water partition coefficient (Wildman–Crippen LogP) is 3.04. The Labute approximate surface area is 144 Å². The molecule has 0 bridgehead atoms. The number of rotatable bonds is 6. The molecule has 1 saturated heterocycles. The van der Waals surface area contributed by atoms with Crippen LogP contribution in [0.3, 0.4) is 0 Å². The highest BCUT2D eigenvalue weighted by Crippen LogP contribution is 2.30. The molecule has 0 amide bonds.